The van der Waals surface area contributed by atoms with Crippen LogP contribution in [0.2, 0.25) is 0 Å². The highest BCUT2D eigenvalue weighted by molar-refractivity contribution is 8.00. The summed E-state index contributed by atoms with van der Waals surface area (Å²) < 4.78 is 36.1. The van der Waals surface area contributed by atoms with Crippen molar-refractivity contribution in [2.24, 2.45) is 5.73 Å². The fourth-order valence-corrected chi connectivity index (χ4v) is 1.46. The molecule has 2 atom stereocenters. The lowest BCUT2D eigenvalue weighted by molar-refractivity contribution is -0.126. The summed E-state index contributed by atoms with van der Waals surface area (Å²) >= 11 is 0.501. The molecule has 0 aromatic rings. The second-order valence-corrected chi connectivity index (χ2v) is 3.67. The SMILES string of the molecule is NCC(SCC(O)CO)C(F)(F)F. The fourth-order valence-electron chi connectivity index (χ4n) is 0.576. The second-order valence-electron chi connectivity index (χ2n) is 2.44. The number of aliphatic hydroxyl groups is 2. The molecule has 0 heterocycles. The maximum absolute atomic E-state index is 12.0. The molecule has 0 spiro atoms. The van der Waals surface area contributed by atoms with Gasteiger partial charge in [0.25, 0.3) is 0 Å². The van der Waals surface area contributed by atoms with Gasteiger partial charge in [0.05, 0.1) is 12.7 Å². The van der Waals surface area contributed by atoms with Gasteiger partial charge in [0.2, 0.25) is 0 Å². The van der Waals surface area contributed by atoms with Crippen LogP contribution in [0.5, 0.6) is 0 Å². The Labute approximate surface area is 78.1 Å². The Hall–Kier alpha value is 0.0200. The van der Waals surface area contributed by atoms with Crippen LogP contribution in [0.1, 0.15) is 0 Å². The van der Waals surface area contributed by atoms with E-state index < -0.39 is 30.7 Å². The summed E-state index contributed by atoms with van der Waals surface area (Å²) in [4.78, 5) is 0. The molecule has 0 aliphatic carbocycles. The maximum Gasteiger partial charge on any atom is 0.401 e. The first-order valence-electron chi connectivity index (χ1n) is 3.59. The van der Waals surface area contributed by atoms with Crippen LogP contribution in [0.3, 0.4) is 0 Å². The Morgan fingerprint density at radius 3 is 2.23 bits per heavy atom. The minimum absolute atomic E-state index is 0.169. The van der Waals surface area contributed by atoms with E-state index in [0.717, 1.165) is 0 Å². The zero-order valence-corrected chi connectivity index (χ0v) is 7.61. The van der Waals surface area contributed by atoms with Gasteiger partial charge in [0.1, 0.15) is 5.25 Å². The quantitative estimate of drug-likeness (QED) is 0.607. The molecule has 0 radical (unpaired) electrons. The van der Waals surface area contributed by atoms with Gasteiger partial charge >= 0.3 is 6.18 Å². The smallest absolute Gasteiger partial charge is 0.394 e. The van der Waals surface area contributed by atoms with Crippen LogP contribution < -0.4 is 5.73 Å². The molecule has 4 N–H and O–H groups in total. The van der Waals surface area contributed by atoms with Gasteiger partial charge in [-0.15, -0.1) is 11.8 Å². The molecule has 2 unspecified atom stereocenters. The minimum Gasteiger partial charge on any atom is -0.394 e. The third-order valence-corrected chi connectivity index (χ3v) is 2.72. The van der Waals surface area contributed by atoms with Crippen LogP contribution in [-0.4, -0.2) is 46.6 Å². The second kappa shape index (κ2) is 5.69. The van der Waals surface area contributed by atoms with Crippen molar-refractivity contribution in [3.05, 3.63) is 0 Å². The van der Waals surface area contributed by atoms with Crippen LogP contribution in [0.15, 0.2) is 0 Å². The highest BCUT2D eigenvalue weighted by Crippen LogP contribution is 2.29. The van der Waals surface area contributed by atoms with Crippen LogP contribution in [-0.2, 0) is 0 Å². The van der Waals surface area contributed by atoms with Gasteiger partial charge in [0.15, 0.2) is 0 Å². The van der Waals surface area contributed by atoms with E-state index in [-0.39, 0.29) is 5.75 Å². The summed E-state index contributed by atoms with van der Waals surface area (Å²) in [6, 6.07) is 0. The molecular formula is C6H12F3NO2S. The van der Waals surface area contributed by atoms with Crippen LogP contribution in [0, 0.1) is 0 Å². The van der Waals surface area contributed by atoms with E-state index in [9.17, 15) is 13.2 Å². The number of halogens is 3. The molecule has 80 valence electrons. The Balaban J connectivity index is 3.86. The number of nitrogens with two attached hydrogens (primary N) is 1. The number of alkyl halides is 3. The van der Waals surface area contributed by atoms with Crippen molar-refractivity contribution >= 4 is 11.8 Å². The molecule has 7 heteroatoms. The summed E-state index contributed by atoms with van der Waals surface area (Å²) in [5, 5.41) is 15.5. The minimum atomic E-state index is -4.35. The zero-order chi connectivity index (χ0) is 10.5. The van der Waals surface area contributed by atoms with Crippen LogP contribution in [0.25, 0.3) is 0 Å². The third-order valence-electron chi connectivity index (χ3n) is 1.28. The van der Waals surface area contributed by atoms with Crippen molar-refractivity contribution in [2.75, 3.05) is 18.9 Å². The Bertz CT molecular complexity index is 144. The molecular weight excluding hydrogens is 207 g/mol. The van der Waals surface area contributed by atoms with Crippen molar-refractivity contribution in [3.63, 3.8) is 0 Å². The van der Waals surface area contributed by atoms with Gasteiger partial charge in [-0.05, 0) is 0 Å². The standard InChI is InChI=1S/C6H12F3NO2S/c7-6(8,9)5(1-10)13-3-4(12)2-11/h4-5,11-12H,1-3,10H2. The van der Waals surface area contributed by atoms with Gasteiger partial charge in [-0.25, -0.2) is 0 Å². The lowest BCUT2D eigenvalue weighted by Crippen LogP contribution is -2.34. The molecule has 0 aromatic heterocycles. The normalized spacial score (nSPS) is 17.1. The van der Waals surface area contributed by atoms with Crippen molar-refractivity contribution in [1.29, 1.82) is 0 Å². The number of rotatable bonds is 5. The van der Waals surface area contributed by atoms with Crippen LogP contribution >= 0.6 is 11.8 Å². The van der Waals surface area contributed by atoms with Gasteiger partial charge in [-0.1, -0.05) is 0 Å². The summed E-state index contributed by atoms with van der Waals surface area (Å²) in [7, 11) is 0. The fraction of sp³-hybridized carbons (Fsp3) is 1.00. The molecule has 0 bridgehead atoms. The van der Waals surface area contributed by atoms with E-state index in [1.807, 2.05) is 0 Å². The largest absolute Gasteiger partial charge is 0.401 e. The Morgan fingerprint density at radius 1 is 1.38 bits per heavy atom. The highest BCUT2D eigenvalue weighted by atomic mass is 32.2. The predicted octanol–water partition coefficient (Wildman–Crippen LogP) is -0.0376. The van der Waals surface area contributed by atoms with Crippen molar-refractivity contribution in [2.45, 2.75) is 17.5 Å². The zero-order valence-electron chi connectivity index (χ0n) is 6.79. The number of thioether (sulfide) groups is 1. The van der Waals surface area contributed by atoms with Crippen LogP contribution in [0.4, 0.5) is 13.2 Å². The molecule has 0 aliphatic heterocycles. The van der Waals surface area contributed by atoms with Crippen molar-refractivity contribution < 1.29 is 23.4 Å². The van der Waals surface area contributed by atoms with E-state index in [0.29, 0.717) is 11.8 Å². The third kappa shape index (κ3) is 5.35. The molecule has 0 aliphatic rings. The molecule has 0 saturated heterocycles. The lowest BCUT2D eigenvalue weighted by atomic mass is 10.4. The van der Waals surface area contributed by atoms with Crippen molar-refractivity contribution in [1.82, 2.24) is 0 Å². The van der Waals surface area contributed by atoms with Gasteiger partial charge in [0, 0.05) is 12.3 Å². The molecule has 0 saturated carbocycles. The molecule has 0 amide bonds. The van der Waals surface area contributed by atoms with E-state index in [4.69, 9.17) is 15.9 Å². The Morgan fingerprint density at radius 2 is 1.92 bits per heavy atom. The van der Waals surface area contributed by atoms with E-state index in [2.05, 4.69) is 0 Å². The molecule has 0 aromatic carbocycles. The monoisotopic (exact) mass is 219 g/mol. The highest BCUT2D eigenvalue weighted by Gasteiger charge is 2.39. The first-order chi connectivity index (χ1) is 5.91. The predicted molar refractivity (Wildman–Crippen MR) is 44.4 cm³/mol. The maximum atomic E-state index is 12.0. The molecule has 0 rings (SSSR count). The van der Waals surface area contributed by atoms with E-state index >= 15 is 0 Å². The number of hydrogen-bond donors (Lipinski definition) is 3. The lowest BCUT2D eigenvalue weighted by Gasteiger charge is -2.18. The molecule has 3 nitrogen and oxygen atoms in total. The molecule has 0 fully saturated rings. The van der Waals surface area contributed by atoms with Gasteiger partial charge in [-0.2, -0.15) is 13.2 Å². The van der Waals surface area contributed by atoms with E-state index in [1.165, 1.54) is 0 Å². The van der Waals surface area contributed by atoms with E-state index in [1.54, 1.807) is 0 Å². The summed E-state index contributed by atoms with van der Waals surface area (Å²) in [5.74, 6) is -0.169. The topological polar surface area (TPSA) is 66.5 Å². The van der Waals surface area contributed by atoms with Gasteiger partial charge < -0.3 is 15.9 Å². The van der Waals surface area contributed by atoms with Crippen molar-refractivity contribution in [3.8, 4) is 0 Å². The molecule has 13 heavy (non-hydrogen) atoms. The summed E-state index contributed by atoms with van der Waals surface area (Å²) in [6.45, 7) is -1.06. The summed E-state index contributed by atoms with van der Waals surface area (Å²) in [6.07, 6.45) is -5.48. The summed E-state index contributed by atoms with van der Waals surface area (Å²) in [5.41, 5.74) is 4.90. The average molecular weight is 219 g/mol. The first kappa shape index (κ1) is 13.0. The number of hydrogen-bond acceptors (Lipinski definition) is 4. The van der Waals surface area contributed by atoms with Gasteiger partial charge in [-0.3, -0.25) is 0 Å². The Kier molecular flexibility index (Phi) is 5.70. The number of aliphatic hydroxyl groups excluding tert-OH is 2. The average Bonchev–Trinajstić information content (AvgIpc) is 2.02. The first-order valence-corrected chi connectivity index (χ1v) is 4.64.